The summed E-state index contributed by atoms with van der Waals surface area (Å²) in [4.78, 5) is 25.5. The van der Waals surface area contributed by atoms with E-state index in [1.807, 2.05) is 66.7 Å². The molecule has 0 saturated carbocycles. The van der Waals surface area contributed by atoms with Gasteiger partial charge in [0.25, 0.3) is 5.91 Å². The van der Waals surface area contributed by atoms with Gasteiger partial charge in [0, 0.05) is 39.6 Å². The molecule has 1 heterocycles. The number of aryl methyl sites for hydroxylation is 1. The predicted molar refractivity (Wildman–Crippen MR) is 131 cm³/mol. The number of halogens is 1. The van der Waals surface area contributed by atoms with Crippen molar-refractivity contribution in [3.05, 3.63) is 101 Å². The Balaban J connectivity index is 1.20. The van der Waals surface area contributed by atoms with Crippen molar-refractivity contribution in [2.45, 2.75) is 23.5 Å². The van der Waals surface area contributed by atoms with Crippen molar-refractivity contribution in [2.24, 2.45) is 0 Å². The summed E-state index contributed by atoms with van der Waals surface area (Å²) in [5.41, 5.74) is 7.18. The first-order chi connectivity index (χ1) is 16.6. The lowest BCUT2D eigenvalue weighted by atomic mass is 10.1. The minimum atomic E-state index is -0.394. The van der Waals surface area contributed by atoms with Crippen LogP contribution in [0.5, 0.6) is 0 Å². The van der Waals surface area contributed by atoms with Gasteiger partial charge < -0.3 is 4.42 Å². The van der Waals surface area contributed by atoms with E-state index in [4.69, 9.17) is 16.0 Å². The summed E-state index contributed by atoms with van der Waals surface area (Å²) in [6.45, 7) is 0. The first-order valence-electron chi connectivity index (χ1n) is 10.5. The third kappa shape index (κ3) is 6.69. The van der Waals surface area contributed by atoms with Gasteiger partial charge in [0.2, 0.25) is 17.7 Å². The Kier molecular flexibility index (Phi) is 7.95. The van der Waals surface area contributed by atoms with Crippen molar-refractivity contribution in [3.8, 4) is 11.5 Å². The summed E-state index contributed by atoms with van der Waals surface area (Å²) < 4.78 is 5.58. The van der Waals surface area contributed by atoms with Gasteiger partial charge in [-0.05, 0) is 54.1 Å². The number of nitrogens with zero attached hydrogens (tertiary/aromatic N) is 2. The highest BCUT2D eigenvalue weighted by Gasteiger charge is 2.12. The molecule has 0 saturated heterocycles. The lowest BCUT2D eigenvalue weighted by Crippen LogP contribution is -2.41. The molecular formula is C25H21ClN4O3S. The molecule has 0 bridgehead atoms. The van der Waals surface area contributed by atoms with E-state index in [0.29, 0.717) is 22.4 Å². The molecular weight excluding hydrogens is 472 g/mol. The average Bonchev–Trinajstić information content (AvgIpc) is 3.36. The number of thioether (sulfide) groups is 1. The van der Waals surface area contributed by atoms with Crippen LogP contribution in [0.4, 0.5) is 0 Å². The van der Waals surface area contributed by atoms with E-state index in [0.717, 1.165) is 21.8 Å². The number of nitrogens with one attached hydrogen (secondary N) is 2. The van der Waals surface area contributed by atoms with E-state index in [1.54, 1.807) is 23.9 Å². The Bertz CT molecular complexity index is 1250. The van der Waals surface area contributed by atoms with Gasteiger partial charge in [-0.1, -0.05) is 41.9 Å². The smallest absolute Gasteiger partial charge is 0.269 e. The summed E-state index contributed by atoms with van der Waals surface area (Å²) in [7, 11) is 0. The van der Waals surface area contributed by atoms with E-state index in [1.165, 1.54) is 0 Å². The summed E-state index contributed by atoms with van der Waals surface area (Å²) in [5.74, 6) is 0.770. The zero-order valence-corrected chi connectivity index (χ0v) is 19.6. The van der Waals surface area contributed by atoms with Gasteiger partial charge in [-0.25, -0.2) is 0 Å². The molecule has 4 aromatic rings. The van der Waals surface area contributed by atoms with Gasteiger partial charge in [-0.15, -0.1) is 22.0 Å². The summed E-state index contributed by atoms with van der Waals surface area (Å²) in [6.07, 6.45) is 0.360. The first kappa shape index (κ1) is 23.5. The second kappa shape index (κ2) is 11.5. The Hall–Kier alpha value is -3.62. The van der Waals surface area contributed by atoms with Crippen molar-refractivity contribution in [2.75, 3.05) is 0 Å². The molecule has 172 valence electrons. The quantitative estimate of drug-likeness (QED) is 0.263. The SMILES string of the molecule is O=C(CCc1nnc(-c2ccccc2)o1)NNC(=O)c1ccc(CSc2ccc(Cl)cc2)cc1. The van der Waals surface area contributed by atoms with Crippen molar-refractivity contribution >= 4 is 35.2 Å². The third-order valence-corrected chi connectivity index (χ3v) is 6.14. The first-order valence-corrected chi connectivity index (χ1v) is 11.9. The molecule has 0 radical (unpaired) electrons. The van der Waals surface area contributed by atoms with Crippen LogP contribution >= 0.6 is 23.4 Å². The zero-order chi connectivity index (χ0) is 23.8. The van der Waals surface area contributed by atoms with E-state index < -0.39 is 5.91 Å². The van der Waals surface area contributed by atoms with Crippen LogP contribution in [-0.2, 0) is 17.0 Å². The van der Waals surface area contributed by atoms with Crippen LogP contribution in [0, 0.1) is 0 Å². The minimum absolute atomic E-state index is 0.0948. The maximum atomic E-state index is 12.3. The second-order valence-corrected chi connectivity index (χ2v) is 8.79. The fraction of sp³-hybridized carbons (Fsp3) is 0.120. The Morgan fingerprint density at radius 3 is 2.35 bits per heavy atom. The molecule has 0 fully saturated rings. The molecule has 4 rings (SSSR count). The normalized spacial score (nSPS) is 10.6. The summed E-state index contributed by atoms with van der Waals surface area (Å²) >= 11 is 7.59. The lowest BCUT2D eigenvalue weighted by Gasteiger charge is -2.08. The maximum Gasteiger partial charge on any atom is 0.269 e. The molecule has 2 N–H and O–H groups in total. The topological polar surface area (TPSA) is 97.1 Å². The number of hydrogen-bond donors (Lipinski definition) is 2. The molecule has 0 spiro atoms. The number of carbonyl (C=O) groups is 2. The molecule has 0 atom stereocenters. The number of rotatable bonds is 8. The fourth-order valence-electron chi connectivity index (χ4n) is 2.98. The molecule has 9 heteroatoms. The highest BCUT2D eigenvalue weighted by atomic mass is 35.5. The van der Waals surface area contributed by atoms with Crippen LogP contribution in [0.15, 0.2) is 88.2 Å². The van der Waals surface area contributed by atoms with E-state index in [-0.39, 0.29) is 18.7 Å². The molecule has 7 nitrogen and oxygen atoms in total. The third-order valence-electron chi connectivity index (χ3n) is 4.80. The highest BCUT2D eigenvalue weighted by molar-refractivity contribution is 7.98. The highest BCUT2D eigenvalue weighted by Crippen LogP contribution is 2.24. The van der Waals surface area contributed by atoms with Gasteiger partial charge in [-0.2, -0.15) is 0 Å². The van der Waals surface area contributed by atoms with Crippen LogP contribution in [0.1, 0.15) is 28.2 Å². The van der Waals surface area contributed by atoms with Crippen LogP contribution in [0.2, 0.25) is 5.02 Å². The van der Waals surface area contributed by atoms with E-state index >= 15 is 0 Å². The van der Waals surface area contributed by atoms with Gasteiger partial charge >= 0.3 is 0 Å². The number of benzene rings is 3. The molecule has 34 heavy (non-hydrogen) atoms. The molecule has 1 aromatic heterocycles. The van der Waals surface area contributed by atoms with E-state index in [9.17, 15) is 9.59 Å². The Labute approximate surface area is 205 Å². The Morgan fingerprint density at radius 1 is 0.882 bits per heavy atom. The van der Waals surface area contributed by atoms with Crippen LogP contribution in [0.3, 0.4) is 0 Å². The minimum Gasteiger partial charge on any atom is -0.421 e. The number of carbonyl (C=O) groups excluding carboxylic acids is 2. The van der Waals surface area contributed by atoms with Crippen molar-refractivity contribution in [1.29, 1.82) is 0 Å². The largest absolute Gasteiger partial charge is 0.421 e. The predicted octanol–water partition coefficient (Wildman–Crippen LogP) is 5.08. The van der Waals surface area contributed by atoms with E-state index in [2.05, 4.69) is 21.0 Å². The molecule has 0 aliphatic rings. The fourth-order valence-corrected chi connectivity index (χ4v) is 3.96. The average molecular weight is 493 g/mol. The summed E-state index contributed by atoms with van der Waals surface area (Å²) in [5, 5.41) is 8.66. The van der Waals surface area contributed by atoms with Gasteiger partial charge in [0.05, 0.1) is 0 Å². The van der Waals surface area contributed by atoms with Crippen molar-refractivity contribution < 1.29 is 14.0 Å². The van der Waals surface area contributed by atoms with Crippen molar-refractivity contribution in [1.82, 2.24) is 21.0 Å². The molecule has 0 aliphatic carbocycles. The Morgan fingerprint density at radius 2 is 1.62 bits per heavy atom. The van der Waals surface area contributed by atoms with Crippen LogP contribution < -0.4 is 10.9 Å². The number of amides is 2. The number of hydrogen-bond acceptors (Lipinski definition) is 6. The summed E-state index contributed by atoms with van der Waals surface area (Å²) in [6, 6.07) is 24.3. The van der Waals surface area contributed by atoms with Crippen molar-refractivity contribution in [3.63, 3.8) is 0 Å². The van der Waals surface area contributed by atoms with Gasteiger partial charge in [-0.3, -0.25) is 20.4 Å². The number of aromatic nitrogens is 2. The van der Waals surface area contributed by atoms with Crippen LogP contribution in [0.25, 0.3) is 11.5 Å². The molecule has 3 aromatic carbocycles. The van der Waals surface area contributed by atoms with Gasteiger partial charge in [0.1, 0.15) is 0 Å². The second-order valence-electron chi connectivity index (χ2n) is 7.31. The standard InChI is InChI=1S/C25H21ClN4O3S/c26-20-10-12-21(13-11-20)34-16-17-6-8-18(9-7-17)24(32)29-27-22(31)14-15-23-28-30-25(33-23)19-4-2-1-3-5-19/h1-13H,14-16H2,(H,27,31)(H,29,32). The zero-order valence-electron chi connectivity index (χ0n) is 18.0. The molecule has 0 aliphatic heterocycles. The van der Waals surface area contributed by atoms with Gasteiger partial charge in [0.15, 0.2) is 0 Å². The lowest BCUT2D eigenvalue weighted by molar-refractivity contribution is -0.121. The number of hydrazine groups is 1. The molecule has 0 unspecified atom stereocenters. The molecule has 2 amide bonds. The monoisotopic (exact) mass is 492 g/mol. The maximum absolute atomic E-state index is 12.3. The van der Waals surface area contributed by atoms with Crippen LogP contribution in [-0.4, -0.2) is 22.0 Å².